The van der Waals surface area contributed by atoms with Crippen molar-refractivity contribution in [1.29, 1.82) is 0 Å². The Morgan fingerprint density at radius 2 is 1.35 bits per heavy atom. The number of unbranched alkanes of at least 4 members (excludes halogenated alkanes) is 5. The van der Waals surface area contributed by atoms with Gasteiger partial charge in [-0.2, -0.15) is 0 Å². The lowest BCUT2D eigenvalue weighted by atomic mass is 9.91. The third-order valence-corrected chi connectivity index (χ3v) is 14.6. The van der Waals surface area contributed by atoms with Gasteiger partial charge >= 0.3 is 0 Å². The number of carbonyl (C=O) groups excluding carboxylic acids is 8. The van der Waals surface area contributed by atoms with E-state index in [4.69, 9.17) is 11.5 Å². The molecule has 0 spiro atoms. The summed E-state index contributed by atoms with van der Waals surface area (Å²) in [5.74, 6) is -7.45. The number of aliphatic hydroxyl groups excluding tert-OH is 6. The van der Waals surface area contributed by atoms with Crippen LogP contribution in [0.25, 0.3) is 0 Å². The summed E-state index contributed by atoms with van der Waals surface area (Å²) in [6, 6.07) is -7.10. The van der Waals surface area contributed by atoms with Crippen LogP contribution in [0.1, 0.15) is 123 Å². The Bertz CT molecular complexity index is 2080. The molecule has 1 aromatic rings. The molecule has 3 heterocycles. The van der Waals surface area contributed by atoms with Crippen molar-refractivity contribution in [3.63, 3.8) is 0 Å². The van der Waals surface area contributed by atoms with Gasteiger partial charge in [-0.3, -0.25) is 38.4 Å². The highest BCUT2D eigenvalue weighted by Gasteiger charge is 2.48. The predicted molar refractivity (Wildman–Crippen MR) is 271 cm³/mol. The van der Waals surface area contributed by atoms with Crippen LogP contribution in [0.4, 0.5) is 0 Å². The molecule has 15 atom stereocenters. The molecule has 16 N–H and O–H groups in total. The summed E-state index contributed by atoms with van der Waals surface area (Å²) < 4.78 is 0. The first-order valence-electron chi connectivity index (χ1n) is 26.4. The van der Waals surface area contributed by atoms with Gasteiger partial charge in [0.05, 0.1) is 49.1 Å². The highest BCUT2D eigenvalue weighted by molar-refractivity contribution is 5.98. The molecule has 3 fully saturated rings. The minimum atomic E-state index is -2.13. The van der Waals surface area contributed by atoms with E-state index in [1.54, 1.807) is 0 Å². The number of nitrogens with two attached hydrogens (primary N) is 2. The smallest absolute Gasteiger partial charge is 0.248 e. The predicted octanol–water partition coefficient (Wildman–Crippen LogP) is -2.82. The lowest BCUT2D eigenvalue weighted by Gasteiger charge is -2.34. The molecule has 3 aliphatic heterocycles. The van der Waals surface area contributed by atoms with Gasteiger partial charge in [0.15, 0.2) is 0 Å². The van der Waals surface area contributed by atoms with Crippen molar-refractivity contribution in [3.05, 3.63) is 29.8 Å². The van der Waals surface area contributed by atoms with Gasteiger partial charge in [0.2, 0.25) is 47.3 Å². The van der Waals surface area contributed by atoms with Crippen molar-refractivity contribution < 1.29 is 74.1 Å². The second kappa shape index (κ2) is 29.7. The van der Waals surface area contributed by atoms with Crippen molar-refractivity contribution >= 4 is 47.3 Å². The van der Waals surface area contributed by atoms with E-state index in [-0.39, 0.29) is 25.1 Å². The molecule has 0 saturated carbocycles. The topological polar surface area (TPSA) is 397 Å². The first-order chi connectivity index (χ1) is 35.4. The molecule has 3 aliphatic rings. The second-order valence-electron chi connectivity index (χ2n) is 20.9. The summed E-state index contributed by atoms with van der Waals surface area (Å²) >= 11 is 0. The number of nitrogens with zero attached hydrogens (tertiary/aromatic N) is 2. The highest BCUT2D eigenvalue weighted by atomic mass is 16.3. The number of aromatic hydroxyl groups is 1. The number of amides is 8. The zero-order chi connectivity index (χ0) is 55.7. The molecule has 8 amide bonds. The zero-order valence-electron chi connectivity index (χ0n) is 43.6. The number of rotatable bonds is 21. The maximum atomic E-state index is 14.5. The van der Waals surface area contributed by atoms with Gasteiger partial charge in [-0.05, 0) is 55.7 Å². The number of hydrogen-bond acceptors (Lipinski definition) is 16. The van der Waals surface area contributed by atoms with Crippen molar-refractivity contribution in [2.75, 3.05) is 19.6 Å². The van der Waals surface area contributed by atoms with Gasteiger partial charge in [-0.15, -0.1) is 0 Å². The van der Waals surface area contributed by atoms with Crippen molar-refractivity contribution in [3.8, 4) is 5.75 Å². The molecule has 3 saturated heterocycles. The Balaban J connectivity index is 1.69. The fourth-order valence-electron chi connectivity index (χ4n) is 10.1. The zero-order valence-corrected chi connectivity index (χ0v) is 43.6. The number of phenols is 1. The quantitative estimate of drug-likeness (QED) is 0.0552. The lowest BCUT2D eigenvalue weighted by Crippen LogP contribution is -2.64. The fraction of sp³-hybridized carbons (Fsp3) is 0.725. The van der Waals surface area contributed by atoms with Crippen molar-refractivity contribution in [2.24, 2.45) is 23.3 Å². The number of hydrogen-bond donors (Lipinski definition) is 14. The molecule has 75 heavy (non-hydrogen) atoms. The molecule has 4 rings (SSSR count). The maximum Gasteiger partial charge on any atom is 0.248 e. The van der Waals surface area contributed by atoms with E-state index in [1.165, 1.54) is 30.7 Å². The third-order valence-electron chi connectivity index (χ3n) is 14.6. The summed E-state index contributed by atoms with van der Waals surface area (Å²) in [6.07, 6.45) is -4.28. The second-order valence-corrected chi connectivity index (χ2v) is 20.9. The number of benzene rings is 1. The van der Waals surface area contributed by atoms with Crippen LogP contribution in [0, 0.1) is 11.8 Å². The molecule has 24 nitrogen and oxygen atoms in total. The summed E-state index contributed by atoms with van der Waals surface area (Å²) in [7, 11) is 0. The first kappa shape index (κ1) is 62.0. The standard InChI is InChI=1S/C51H83N9O15/c1-5-27(2)20-28(3)12-10-8-6-7-9-11-13-41(69)54-33-23-37(65)34(25-52)55-49(73)45-36(64)18-19-59(45)51(75)44(39(67)24-40(53)68)58-48(72)43(38(66)21-30-14-16-31(62)17-15-30)57-47(71)35-22-32(63)26-60(35)50(74)42(29(4)61)56-46(33)70/h14-17,27-29,32-39,42-45,61-67H,5-13,18-26,52H2,1-4H3,(H2,53,68)(H,54,69)(H,55,73)(H,56,70)(H,57,71)(H,58,72)/t27-,28+,29+,32+,33-,34+,35-,36-,37+,38+,39+,42-,43-,44-,45-/m0/s1. The number of phenolic OH excluding ortho intramolecular Hbond substituents is 1. The lowest BCUT2D eigenvalue weighted by molar-refractivity contribution is -0.147. The van der Waals surface area contributed by atoms with Gasteiger partial charge in [0.25, 0.3) is 0 Å². The SMILES string of the molecule is CC[C@H](C)C[C@H](C)CCCCCCCCC(=O)N[C@H]1C[C@@H](O)[C@@H](CN)NC(=O)[C@@H]2[C@@H](O)CCN2C(=O)[C@H]([C@H](O)CC(N)=O)NC(=O)[C@H]([C@H](O)Cc2ccc(O)cc2)NC(=O)[C@@H]2C[C@@H](O)CN2C(=O)[C@H]([C@@H](C)O)NC1=O. The van der Waals surface area contributed by atoms with Crippen LogP contribution in [0.5, 0.6) is 5.75 Å². The monoisotopic (exact) mass is 1060 g/mol. The highest BCUT2D eigenvalue weighted by Crippen LogP contribution is 2.25. The Morgan fingerprint density at radius 1 is 0.733 bits per heavy atom. The van der Waals surface area contributed by atoms with Gasteiger partial charge in [0, 0.05) is 45.3 Å². The van der Waals surface area contributed by atoms with E-state index in [9.17, 15) is 74.1 Å². The van der Waals surface area contributed by atoms with Crippen LogP contribution in [0.3, 0.4) is 0 Å². The van der Waals surface area contributed by atoms with Crippen LogP contribution < -0.4 is 38.1 Å². The maximum absolute atomic E-state index is 14.5. The molecule has 0 radical (unpaired) electrons. The average molecular weight is 1060 g/mol. The van der Waals surface area contributed by atoms with Crippen LogP contribution >= 0.6 is 0 Å². The number of fused-ring (bicyclic) bond motifs is 2. The molecular weight excluding hydrogens is 979 g/mol. The van der Waals surface area contributed by atoms with Crippen LogP contribution in [0.2, 0.25) is 0 Å². The van der Waals surface area contributed by atoms with Crippen LogP contribution in [0.15, 0.2) is 24.3 Å². The van der Waals surface area contributed by atoms with Gasteiger partial charge in [-0.25, -0.2) is 0 Å². The molecule has 0 aliphatic carbocycles. The number of aliphatic hydroxyl groups is 6. The largest absolute Gasteiger partial charge is 0.508 e. The van der Waals surface area contributed by atoms with Crippen LogP contribution in [-0.4, -0.2) is 191 Å². The Morgan fingerprint density at radius 3 is 1.97 bits per heavy atom. The minimum Gasteiger partial charge on any atom is -0.508 e. The summed E-state index contributed by atoms with van der Waals surface area (Å²) in [6.45, 7) is 6.52. The van der Waals surface area contributed by atoms with Gasteiger partial charge in [0.1, 0.15) is 42.0 Å². The van der Waals surface area contributed by atoms with E-state index in [0.29, 0.717) is 30.2 Å². The Labute approximate surface area is 438 Å². The number of primary amides is 1. The number of nitrogens with one attached hydrogen (secondary N) is 5. The van der Waals surface area contributed by atoms with E-state index < -0.39 is 165 Å². The number of carbonyl (C=O) groups is 8. The van der Waals surface area contributed by atoms with Gasteiger partial charge < -0.3 is 83.6 Å². The Kier molecular flexibility index (Phi) is 24.6. The summed E-state index contributed by atoms with van der Waals surface area (Å²) in [4.78, 5) is 113. The van der Waals surface area contributed by atoms with E-state index in [1.807, 2.05) is 0 Å². The van der Waals surface area contributed by atoms with Crippen molar-refractivity contribution in [1.82, 2.24) is 36.4 Å². The van der Waals surface area contributed by atoms with Gasteiger partial charge in [-0.1, -0.05) is 77.8 Å². The first-order valence-corrected chi connectivity index (χ1v) is 26.4. The Hall–Kier alpha value is -5.50. The average Bonchev–Trinajstić information content (AvgIpc) is 3.95. The normalized spacial score (nSPS) is 28.6. The molecular formula is C51H83N9O15. The molecule has 422 valence electrons. The summed E-state index contributed by atoms with van der Waals surface area (Å²) in [5.41, 5.74) is 11.7. The van der Waals surface area contributed by atoms with E-state index >= 15 is 0 Å². The van der Waals surface area contributed by atoms with E-state index in [0.717, 1.165) is 55.2 Å². The van der Waals surface area contributed by atoms with Crippen molar-refractivity contribution in [2.45, 2.75) is 203 Å². The molecule has 0 unspecified atom stereocenters. The molecule has 1 aromatic carbocycles. The minimum absolute atomic E-state index is 0.0232. The third kappa shape index (κ3) is 18.3. The molecule has 24 heteroatoms. The molecule has 0 aromatic heterocycles. The molecule has 0 bridgehead atoms. The van der Waals surface area contributed by atoms with E-state index in [2.05, 4.69) is 47.4 Å². The van der Waals surface area contributed by atoms with Crippen LogP contribution in [-0.2, 0) is 44.8 Å². The fourth-order valence-corrected chi connectivity index (χ4v) is 10.1. The summed E-state index contributed by atoms with van der Waals surface area (Å²) in [5, 5.41) is 89.5.